The fourth-order valence-corrected chi connectivity index (χ4v) is 2.36. The van der Waals surface area contributed by atoms with Crippen molar-refractivity contribution in [3.8, 4) is 0 Å². The maximum atomic E-state index is 5.56. The molecule has 2 heterocycles. The highest BCUT2D eigenvalue weighted by Gasteiger charge is 2.09. The molecule has 6 nitrogen and oxygen atoms in total. The summed E-state index contributed by atoms with van der Waals surface area (Å²) in [5.74, 6) is 1.58. The van der Waals surface area contributed by atoms with Crippen molar-refractivity contribution in [1.29, 1.82) is 0 Å². The molecule has 0 saturated carbocycles. The van der Waals surface area contributed by atoms with Crippen LogP contribution in [0.5, 0.6) is 0 Å². The van der Waals surface area contributed by atoms with E-state index in [2.05, 4.69) is 29.1 Å². The van der Waals surface area contributed by atoms with Crippen LogP contribution in [0.4, 0.5) is 0 Å². The molecule has 7 heteroatoms. The molecule has 2 N–H and O–H groups in total. The van der Waals surface area contributed by atoms with Gasteiger partial charge in [0.05, 0.1) is 12.2 Å². The van der Waals surface area contributed by atoms with Gasteiger partial charge in [0.15, 0.2) is 5.16 Å². The number of thioether (sulfide) groups is 1. The van der Waals surface area contributed by atoms with Gasteiger partial charge in [0, 0.05) is 25.0 Å². The smallest absolute Gasteiger partial charge is 0.191 e. The summed E-state index contributed by atoms with van der Waals surface area (Å²) in [5, 5.41) is 13.5. The van der Waals surface area contributed by atoms with Gasteiger partial charge in [-0.25, -0.2) is 0 Å². The van der Waals surface area contributed by atoms with Gasteiger partial charge in [0.25, 0.3) is 0 Å². The van der Waals surface area contributed by atoms with Gasteiger partial charge in [0.2, 0.25) is 0 Å². The van der Waals surface area contributed by atoms with E-state index in [1.54, 1.807) is 11.8 Å². The lowest BCUT2D eigenvalue weighted by molar-refractivity contribution is 0.528. The molecule has 0 aliphatic rings. The van der Waals surface area contributed by atoms with Gasteiger partial charge in [-0.15, -0.1) is 10.2 Å². The van der Waals surface area contributed by atoms with Gasteiger partial charge >= 0.3 is 0 Å². The second-order valence-electron chi connectivity index (χ2n) is 4.33. The SMILES string of the molecule is CC(C)n1ccc(CSc2nnc(CN)n2C)n1. The topological polar surface area (TPSA) is 74.6 Å². The summed E-state index contributed by atoms with van der Waals surface area (Å²) in [6.07, 6.45) is 2.00. The van der Waals surface area contributed by atoms with Gasteiger partial charge in [-0.3, -0.25) is 4.68 Å². The van der Waals surface area contributed by atoms with Gasteiger partial charge in [-0.1, -0.05) is 11.8 Å². The molecule has 98 valence electrons. The molecular formula is C11H18N6S. The Morgan fingerprint density at radius 2 is 2.17 bits per heavy atom. The van der Waals surface area contributed by atoms with E-state index in [9.17, 15) is 0 Å². The normalized spacial score (nSPS) is 11.4. The molecular weight excluding hydrogens is 248 g/mol. The maximum Gasteiger partial charge on any atom is 0.191 e. The molecule has 18 heavy (non-hydrogen) atoms. The monoisotopic (exact) mass is 266 g/mol. The first-order valence-electron chi connectivity index (χ1n) is 5.87. The van der Waals surface area contributed by atoms with E-state index in [1.807, 2.05) is 28.6 Å². The van der Waals surface area contributed by atoms with Gasteiger partial charge < -0.3 is 10.3 Å². The lowest BCUT2D eigenvalue weighted by atomic mass is 10.4. The number of hydrogen-bond acceptors (Lipinski definition) is 5. The summed E-state index contributed by atoms with van der Waals surface area (Å²) in [6, 6.07) is 2.43. The molecule has 2 aromatic heterocycles. The van der Waals surface area contributed by atoms with Crippen LogP contribution in [0.3, 0.4) is 0 Å². The van der Waals surface area contributed by atoms with Crippen molar-refractivity contribution in [2.24, 2.45) is 12.8 Å². The van der Waals surface area contributed by atoms with Crippen LogP contribution in [0.2, 0.25) is 0 Å². The molecule has 2 aromatic rings. The Labute approximate surface area is 111 Å². The Hall–Kier alpha value is -1.34. The van der Waals surface area contributed by atoms with Crippen LogP contribution in [0.15, 0.2) is 17.4 Å². The summed E-state index contributed by atoms with van der Waals surface area (Å²) < 4.78 is 3.88. The Morgan fingerprint density at radius 3 is 2.72 bits per heavy atom. The van der Waals surface area contributed by atoms with Crippen LogP contribution in [-0.2, 0) is 19.3 Å². The fourth-order valence-electron chi connectivity index (χ4n) is 1.53. The van der Waals surface area contributed by atoms with Crippen molar-refractivity contribution in [1.82, 2.24) is 24.5 Å². The third kappa shape index (κ3) is 2.73. The molecule has 0 unspecified atom stereocenters. The van der Waals surface area contributed by atoms with Gasteiger partial charge in [0.1, 0.15) is 5.82 Å². The second-order valence-corrected chi connectivity index (χ2v) is 5.27. The van der Waals surface area contributed by atoms with E-state index >= 15 is 0 Å². The quantitative estimate of drug-likeness (QED) is 0.827. The maximum absolute atomic E-state index is 5.56. The van der Waals surface area contributed by atoms with Crippen molar-refractivity contribution in [3.63, 3.8) is 0 Å². The Balaban J connectivity index is 2.00. The average Bonchev–Trinajstić information content (AvgIpc) is 2.93. The van der Waals surface area contributed by atoms with Crippen LogP contribution in [0.1, 0.15) is 31.4 Å². The second kappa shape index (κ2) is 5.53. The first kappa shape index (κ1) is 13.1. The Morgan fingerprint density at radius 1 is 1.39 bits per heavy atom. The van der Waals surface area contributed by atoms with Crippen LogP contribution in [-0.4, -0.2) is 24.5 Å². The molecule has 0 fully saturated rings. The molecule has 0 saturated heterocycles. The Bertz CT molecular complexity index is 515. The van der Waals surface area contributed by atoms with Crippen molar-refractivity contribution in [3.05, 3.63) is 23.8 Å². The predicted octanol–water partition coefficient (Wildman–Crippen LogP) is 1.34. The minimum absolute atomic E-state index is 0.391. The van der Waals surface area contributed by atoms with Crippen molar-refractivity contribution in [2.45, 2.75) is 37.3 Å². The van der Waals surface area contributed by atoms with E-state index in [0.29, 0.717) is 12.6 Å². The number of nitrogens with two attached hydrogens (primary N) is 1. The lowest BCUT2D eigenvalue weighted by Gasteiger charge is -2.04. The Kier molecular flexibility index (Phi) is 4.03. The summed E-state index contributed by atoms with van der Waals surface area (Å²) in [6.45, 7) is 4.63. The van der Waals surface area contributed by atoms with Crippen molar-refractivity contribution in [2.75, 3.05) is 0 Å². The minimum Gasteiger partial charge on any atom is -0.324 e. The van der Waals surface area contributed by atoms with Crippen LogP contribution >= 0.6 is 11.8 Å². The lowest BCUT2D eigenvalue weighted by Crippen LogP contribution is -2.05. The van der Waals surface area contributed by atoms with Crippen molar-refractivity contribution < 1.29 is 0 Å². The van der Waals surface area contributed by atoms with E-state index < -0.39 is 0 Å². The fraction of sp³-hybridized carbons (Fsp3) is 0.545. The first-order valence-corrected chi connectivity index (χ1v) is 6.85. The molecule has 0 spiro atoms. The summed E-state index contributed by atoms with van der Waals surface area (Å²) in [7, 11) is 1.93. The zero-order valence-electron chi connectivity index (χ0n) is 10.9. The van der Waals surface area contributed by atoms with Crippen LogP contribution in [0.25, 0.3) is 0 Å². The first-order chi connectivity index (χ1) is 8.61. The summed E-state index contributed by atoms with van der Waals surface area (Å²) in [5.41, 5.74) is 6.61. The molecule has 2 rings (SSSR count). The van der Waals surface area contributed by atoms with E-state index in [1.165, 1.54) is 0 Å². The minimum atomic E-state index is 0.391. The number of aromatic nitrogens is 5. The van der Waals surface area contributed by atoms with E-state index in [0.717, 1.165) is 22.4 Å². The molecule has 0 aliphatic heterocycles. The molecule has 0 bridgehead atoms. The largest absolute Gasteiger partial charge is 0.324 e. The standard InChI is InChI=1S/C11H18N6S/c1-8(2)17-5-4-9(15-17)7-18-11-14-13-10(6-12)16(11)3/h4-5,8H,6-7,12H2,1-3H3. The average molecular weight is 266 g/mol. The van der Waals surface area contributed by atoms with Crippen molar-refractivity contribution >= 4 is 11.8 Å². The number of rotatable bonds is 5. The third-order valence-corrected chi connectivity index (χ3v) is 3.70. The van der Waals surface area contributed by atoms with E-state index in [4.69, 9.17) is 5.73 Å². The van der Waals surface area contributed by atoms with E-state index in [-0.39, 0.29) is 0 Å². The third-order valence-electron chi connectivity index (χ3n) is 2.65. The highest BCUT2D eigenvalue weighted by molar-refractivity contribution is 7.98. The van der Waals surface area contributed by atoms with Gasteiger partial charge in [-0.05, 0) is 19.9 Å². The molecule has 0 atom stereocenters. The highest BCUT2D eigenvalue weighted by Crippen LogP contribution is 2.20. The zero-order valence-corrected chi connectivity index (χ0v) is 11.7. The van der Waals surface area contributed by atoms with Crippen LogP contribution < -0.4 is 5.73 Å². The number of hydrogen-bond donors (Lipinski definition) is 1. The molecule has 0 aliphatic carbocycles. The highest BCUT2D eigenvalue weighted by atomic mass is 32.2. The summed E-state index contributed by atoms with van der Waals surface area (Å²) in [4.78, 5) is 0. The summed E-state index contributed by atoms with van der Waals surface area (Å²) >= 11 is 1.62. The molecule has 0 radical (unpaired) electrons. The predicted molar refractivity (Wildman–Crippen MR) is 71.1 cm³/mol. The molecule has 0 amide bonds. The number of nitrogens with zero attached hydrogens (tertiary/aromatic N) is 5. The zero-order chi connectivity index (χ0) is 13.1. The molecule has 0 aromatic carbocycles. The van der Waals surface area contributed by atoms with Gasteiger partial charge in [-0.2, -0.15) is 5.10 Å². The van der Waals surface area contributed by atoms with Crippen LogP contribution in [0, 0.1) is 0 Å².